The molecule has 1 amide bonds. The largest absolute Gasteiger partial charge is 0.347 e. The molecular formula is C22H25FN6O2. The van der Waals surface area contributed by atoms with Gasteiger partial charge >= 0.3 is 0 Å². The van der Waals surface area contributed by atoms with Crippen LogP contribution in [0.25, 0.3) is 11.1 Å². The molecule has 31 heavy (non-hydrogen) atoms. The first-order valence-corrected chi connectivity index (χ1v) is 10.3. The van der Waals surface area contributed by atoms with Crippen molar-refractivity contribution in [2.24, 2.45) is 0 Å². The number of carbonyl (C=O) groups excluding carboxylic acids is 1. The summed E-state index contributed by atoms with van der Waals surface area (Å²) in [6.45, 7) is 2.41. The second-order valence-corrected chi connectivity index (χ2v) is 7.85. The molecule has 0 aliphatic carbocycles. The van der Waals surface area contributed by atoms with Crippen LogP contribution >= 0.6 is 0 Å². The van der Waals surface area contributed by atoms with Gasteiger partial charge in [0.05, 0.1) is 11.7 Å². The van der Waals surface area contributed by atoms with E-state index in [1.165, 1.54) is 12.1 Å². The van der Waals surface area contributed by atoms with Gasteiger partial charge in [0.25, 0.3) is 0 Å². The monoisotopic (exact) mass is 424 g/mol. The number of halogens is 1. The maximum Gasteiger partial charge on any atom is 0.227 e. The van der Waals surface area contributed by atoms with Crippen molar-refractivity contribution in [2.45, 2.75) is 38.6 Å². The lowest BCUT2D eigenvalue weighted by atomic mass is 9.99. The van der Waals surface area contributed by atoms with Gasteiger partial charge in [0.15, 0.2) is 5.82 Å². The van der Waals surface area contributed by atoms with E-state index in [2.05, 4.69) is 15.1 Å². The second-order valence-electron chi connectivity index (χ2n) is 7.85. The van der Waals surface area contributed by atoms with E-state index in [1.54, 1.807) is 25.3 Å². The number of anilines is 1. The van der Waals surface area contributed by atoms with Crippen LogP contribution in [0.3, 0.4) is 0 Å². The number of amides is 1. The quantitative estimate of drug-likeness (QED) is 0.600. The van der Waals surface area contributed by atoms with E-state index in [9.17, 15) is 9.18 Å². The van der Waals surface area contributed by atoms with E-state index in [4.69, 9.17) is 9.51 Å². The van der Waals surface area contributed by atoms with Gasteiger partial charge in [0.2, 0.25) is 17.7 Å². The van der Waals surface area contributed by atoms with Gasteiger partial charge in [-0.3, -0.25) is 4.79 Å². The van der Waals surface area contributed by atoms with Gasteiger partial charge in [-0.2, -0.15) is 4.98 Å². The lowest BCUT2D eigenvalue weighted by Crippen LogP contribution is -2.32. The van der Waals surface area contributed by atoms with Crippen LogP contribution < -0.4 is 4.90 Å². The van der Waals surface area contributed by atoms with E-state index in [-0.39, 0.29) is 24.2 Å². The van der Waals surface area contributed by atoms with Gasteiger partial charge in [0, 0.05) is 45.2 Å². The SMILES string of the molecule is Cc1noc(CCC(=O)N2CCCC2c2nc(N(C)C)ncc2-c2ccc(F)cc2)n1. The van der Waals surface area contributed by atoms with Crippen molar-refractivity contribution in [1.82, 2.24) is 25.0 Å². The molecule has 0 spiro atoms. The van der Waals surface area contributed by atoms with Crippen molar-refractivity contribution in [1.29, 1.82) is 0 Å². The summed E-state index contributed by atoms with van der Waals surface area (Å²) in [5.41, 5.74) is 2.41. The van der Waals surface area contributed by atoms with Crippen LogP contribution in [-0.2, 0) is 11.2 Å². The topological polar surface area (TPSA) is 88.3 Å². The summed E-state index contributed by atoms with van der Waals surface area (Å²) in [5, 5.41) is 3.77. The molecule has 1 fully saturated rings. The predicted molar refractivity (Wildman–Crippen MR) is 113 cm³/mol. The minimum Gasteiger partial charge on any atom is -0.347 e. The highest BCUT2D eigenvalue weighted by molar-refractivity contribution is 5.78. The lowest BCUT2D eigenvalue weighted by molar-refractivity contribution is -0.132. The van der Waals surface area contributed by atoms with Crippen LogP contribution in [0.4, 0.5) is 10.3 Å². The van der Waals surface area contributed by atoms with Crippen molar-refractivity contribution in [3.8, 4) is 11.1 Å². The van der Waals surface area contributed by atoms with Gasteiger partial charge in [-0.15, -0.1) is 0 Å². The molecule has 4 rings (SSSR count). The summed E-state index contributed by atoms with van der Waals surface area (Å²) in [6.07, 6.45) is 4.15. The fourth-order valence-corrected chi connectivity index (χ4v) is 3.86. The highest BCUT2D eigenvalue weighted by Crippen LogP contribution is 2.37. The Kier molecular flexibility index (Phi) is 5.92. The van der Waals surface area contributed by atoms with Gasteiger partial charge in [-0.25, -0.2) is 14.4 Å². The molecule has 1 atom stereocenters. The van der Waals surface area contributed by atoms with E-state index in [1.807, 2.05) is 23.9 Å². The Balaban J connectivity index is 1.63. The smallest absolute Gasteiger partial charge is 0.227 e. The van der Waals surface area contributed by atoms with Crippen molar-refractivity contribution >= 4 is 11.9 Å². The molecule has 9 heteroatoms. The third-order valence-corrected chi connectivity index (χ3v) is 5.37. The average molecular weight is 424 g/mol. The molecule has 1 aliphatic rings. The summed E-state index contributed by atoms with van der Waals surface area (Å²) in [4.78, 5) is 30.2. The summed E-state index contributed by atoms with van der Waals surface area (Å²) in [5.74, 6) is 1.31. The summed E-state index contributed by atoms with van der Waals surface area (Å²) < 4.78 is 18.6. The Bertz CT molecular complexity index is 1070. The standard InChI is InChI=1S/C22H25FN6O2/c1-14-25-19(31-27-14)10-11-20(30)29-12-4-5-18(29)21-17(13-24-22(26-21)28(2)3)15-6-8-16(23)9-7-15/h6-9,13,18H,4-5,10-12H2,1-3H3. The molecule has 1 saturated heterocycles. The first kappa shape index (κ1) is 20.9. The molecule has 1 aromatic carbocycles. The number of carbonyl (C=O) groups is 1. The fraction of sp³-hybridized carbons (Fsp3) is 0.409. The zero-order valence-corrected chi connectivity index (χ0v) is 17.9. The molecule has 0 radical (unpaired) electrons. The minimum atomic E-state index is -0.301. The molecule has 8 nitrogen and oxygen atoms in total. The summed E-state index contributed by atoms with van der Waals surface area (Å²) in [7, 11) is 3.75. The molecule has 3 heterocycles. The van der Waals surface area contributed by atoms with E-state index in [0.29, 0.717) is 30.6 Å². The lowest BCUT2D eigenvalue weighted by Gasteiger charge is -2.27. The van der Waals surface area contributed by atoms with Crippen LogP contribution in [0.1, 0.15) is 42.7 Å². The summed E-state index contributed by atoms with van der Waals surface area (Å²) >= 11 is 0. The molecule has 0 N–H and O–H groups in total. The predicted octanol–water partition coefficient (Wildman–Crippen LogP) is 3.34. The first-order valence-electron chi connectivity index (χ1n) is 10.3. The van der Waals surface area contributed by atoms with Gasteiger partial charge in [-0.05, 0) is 37.5 Å². The Labute approximate surface area is 180 Å². The molecular weight excluding hydrogens is 399 g/mol. The molecule has 2 aromatic heterocycles. The number of aromatic nitrogens is 4. The Morgan fingerprint density at radius 3 is 2.71 bits per heavy atom. The number of hydrogen-bond donors (Lipinski definition) is 0. The summed E-state index contributed by atoms with van der Waals surface area (Å²) in [6, 6.07) is 6.10. The zero-order valence-electron chi connectivity index (χ0n) is 17.9. The van der Waals surface area contributed by atoms with Crippen molar-refractivity contribution < 1.29 is 13.7 Å². The molecule has 1 aliphatic heterocycles. The molecule has 0 bridgehead atoms. The number of hydrogen-bond acceptors (Lipinski definition) is 7. The van der Waals surface area contributed by atoms with Crippen LogP contribution in [0.2, 0.25) is 0 Å². The highest BCUT2D eigenvalue weighted by atomic mass is 19.1. The highest BCUT2D eigenvalue weighted by Gasteiger charge is 2.33. The molecule has 1 unspecified atom stereocenters. The Morgan fingerprint density at radius 2 is 2.03 bits per heavy atom. The molecule has 162 valence electrons. The first-order chi connectivity index (χ1) is 14.9. The van der Waals surface area contributed by atoms with Gasteiger partial charge in [-0.1, -0.05) is 17.3 Å². The number of nitrogens with zero attached hydrogens (tertiary/aromatic N) is 6. The molecule has 3 aromatic rings. The number of benzene rings is 1. The fourth-order valence-electron chi connectivity index (χ4n) is 3.86. The Hall–Kier alpha value is -3.36. The van der Waals surface area contributed by atoms with Crippen molar-refractivity contribution in [3.05, 3.63) is 53.7 Å². The van der Waals surface area contributed by atoms with Gasteiger partial charge < -0.3 is 14.3 Å². The van der Waals surface area contributed by atoms with E-state index < -0.39 is 0 Å². The van der Waals surface area contributed by atoms with Crippen LogP contribution in [0.5, 0.6) is 0 Å². The third-order valence-electron chi connectivity index (χ3n) is 5.37. The van der Waals surface area contributed by atoms with Crippen molar-refractivity contribution in [2.75, 3.05) is 25.5 Å². The van der Waals surface area contributed by atoms with Crippen LogP contribution in [0.15, 0.2) is 35.0 Å². The normalized spacial score (nSPS) is 16.0. The average Bonchev–Trinajstić information content (AvgIpc) is 3.41. The van der Waals surface area contributed by atoms with Crippen molar-refractivity contribution in [3.63, 3.8) is 0 Å². The number of rotatable bonds is 6. The third kappa shape index (κ3) is 4.55. The van der Waals surface area contributed by atoms with Gasteiger partial charge in [0.1, 0.15) is 5.82 Å². The Morgan fingerprint density at radius 1 is 1.26 bits per heavy atom. The zero-order chi connectivity index (χ0) is 22.0. The number of aryl methyl sites for hydroxylation is 2. The van der Waals surface area contributed by atoms with Crippen LogP contribution in [-0.4, -0.2) is 51.6 Å². The van der Waals surface area contributed by atoms with Crippen LogP contribution in [0, 0.1) is 12.7 Å². The van der Waals surface area contributed by atoms with E-state index >= 15 is 0 Å². The molecule has 0 saturated carbocycles. The maximum atomic E-state index is 13.5. The van der Waals surface area contributed by atoms with E-state index in [0.717, 1.165) is 29.7 Å². The minimum absolute atomic E-state index is 0.0217. The number of likely N-dealkylation sites (tertiary alicyclic amines) is 1. The maximum absolute atomic E-state index is 13.5. The second kappa shape index (κ2) is 8.79.